The van der Waals surface area contributed by atoms with Crippen LogP contribution in [-0.4, -0.2) is 57.1 Å². The molecule has 0 spiro atoms. The van der Waals surface area contributed by atoms with Crippen molar-refractivity contribution < 1.29 is 27.1 Å². The highest BCUT2D eigenvalue weighted by Gasteiger charge is 2.31. The number of methoxy groups -OCH3 is 1. The van der Waals surface area contributed by atoms with Crippen molar-refractivity contribution in [2.24, 2.45) is 0 Å². The van der Waals surface area contributed by atoms with Crippen LogP contribution < -0.4 is 14.4 Å². The van der Waals surface area contributed by atoms with Gasteiger partial charge in [0, 0.05) is 12.6 Å². The van der Waals surface area contributed by atoms with Crippen LogP contribution in [0.5, 0.6) is 5.75 Å². The molecular formula is C25H32FN3O5S. The van der Waals surface area contributed by atoms with Crippen LogP contribution in [0.25, 0.3) is 0 Å². The van der Waals surface area contributed by atoms with Crippen molar-refractivity contribution in [3.8, 4) is 5.75 Å². The van der Waals surface area contributed by atoms with Crippen molar-refractivity contribution in [1.82, 2.24) is 10.2 Å². The minimum atomic E-state index is -3.86. The molecule has 0 saturated heterocycles. The Bertz CT molecular complexity index is 1130. The first-order valence-corrected chi connectivity index (χ1v) is 13.4. The fraction of sp³-hybridized carbons (Fsp3) is 0.440. The van der Waals surface area contributed by atoms with Crippen molar-refractivity contribution in [2.75, 3.05) is 24.2 Å². The van der Waals surface area contributed by atoms with Crippen LogP contribution in [0.1, 0.15) is 38.2 Å². The van der Waals surface area contributed by atoms with E-state index in [2.05, 4.69) is 5.32 Å². The Morgan fingerprint density at radius 1 is 1.14 bits per heavy atom. The Morgan fingerprint density at radius 3 is 2.40 bits per heavy atom. The SMILES string of the molecule is COc1cccc(CN(C(=O)CN(c2ccc(F)cc2)S(C)(=O)=O)[C@H](C)C(=O)NC2CCCC2)c1. The van der Waals surface area contributed by atoms with E-state index >= 15 is 0 Å². The molecule has 1 fully saturated rings. The molecule has 1 aliphatic rings. The Balaban J connectivity index is 1.88. The third-order valence-electron chi connectivity index (χ3n) is 6.15. The zero-order valence-electron chi connectivity index (χ0n) is 20.2. The van der Waals surface area contributed by atoms with Crippen LogP contribution in [-0.2, 0) is 26.2 Å². The molecular weight excluding hydrogens is 473 g/mol. The van der Waals surface area contributed by atoms with Crippen LogP contribution in [0.3, 0.4) is 0 Å². The average molecular weight is 506 g/mol. The zero-order valence-corrected chi connectivity index (χ0v) is 21.1. The average Bonchev–Trinajstić information content (AvgIpc) is 3.33. The van der Waals surface area contributed by atoms with Gasteiger partial charge in [0.15, 0.2) is 0 Å². The molecule has 1 atom stereocenters. The smallest absolute Gasteiger partial charge is 0.244 e. The maximum absolute atomic E-state index is 13.5. The van der Waals surface area contributed by atoms with E-state index in [9.17, 15) is 22.4 Å². The van der Waals surface area contributed by atoms with Gasteiger partial charge in [0.25, 0.3) is 0 Å². The van der Waals surface area contributed by atoms with Crippen molar-refractivity contribution in [3.05, 3.63) is 59.9 Å². The molecule has 2 aromatic rings. The lowest BCUT2D eigenvalue weighted by Crippen LogP contribution is -2.52. The van der Waals surface area contributed by atoms with E-state index in [1.165, 1.54) is 24.1 Å². The molecule has 2 aromatic carbocycles. The number of benzene rings is 2. The Hall–Kier alpha value is -3.14. The number of hydrogen-bond acceptors (Lipinski definition) is 5. The van der Waals surface area contributed by atoms with E-state index < -0.39 is 34.3 Å². The lowest BCUT2D eigenvalue weighted by Gasteiger charge is -2.32. The molecule has 3 rings (SSSR count). The molecule has 0 unspecified atom stereocenters. The van der Waals surface area contributed by atoms with Crippen LogP contribution in [0, 0.1) is 5.82 Å². The second-order valence-corrected chi connectivity index (χ2v) is 10.7. The summed E-state index contributed by atoms with van der Waals surface area (Å²) in [7, 11) is -2.33. The van der Waals surface area contributed by atoms with E-state index in [1.807, 2.05) is 0 Å². The minimum absolute atomic E-state index is 0.0745. The molecule has 1 aliphatic carbocycles. The number of amides is 2. The van der Waals surface area contributed by atoms with E-state index in [1.54, 1.807) is 31.2 Å². The summed E-state index contributed by atoms with van der Waals surface area (Å²) >= 11 is 0. The highest BCUT2D eigenvalue weighted by Crippen LogP contribution is 2.22. The molecule has 0 aromatic heterocycles. The van der Waals surface area contributed by atoms with Gasteiger partial charge in [0.2, 0.25) is 21.8 Å². The lowest BCUT2D eigenvalue weighted by molar-refractivity contribution is -0.139. The molecule has 0 radical (unpaired) electrons. The number of sulfonamides is 1. The maximum atomic E-state index is 13.5. The van der Waals surface area contributed by atoms with Crippen molar-refractivity contribution >= 4 is 27.5 Å². The van der Waals surface area contributed by atoms with Crippen molar-refractivity contribution in [1.29, 1.82) is 0 Å². The third kappa shape index (κ3) is 7.17. The van der Waals surface area contributed by atoms with Crippen molar-refractivity contribution in [3.63, 3.8) is 0 Å². The molecule has 0 bridgehead atoms. The first-order chi connectivity index (χ1) is 16.6. The number of carbonyl (C=O) groups is 2. The van der Waals surface area contributed by atoms with Gasteiger partial charge in [-0.1, -0.05) is 25.0 Å². The Kier molecular flexibility index (Phi) is 8.71. The normalized spacial score (nSPS) is 14.9. The third-order valence-corrected chi connectivity index (χ3v) is 7.29. The number of hydrogen-bond donors (Lipinski definition) is 1. The Labute approximate surface area is 206 Å². The first kappa shape index (κ1) is 26.5. The van der Waals surface area contributed by atoms with E-state index in [0.29, 0.717) is 5.75 Å². The summed E-state index contributed by atoms with van der Waals surface area (Å²) in [4.78, 5) is 27.9. The quantitative estimate of drug-likeness (QED) is 0.535. The van der Waals surface area contributed by atoms with Gasteiger partial charge in [-0.2, -0.15) is 0 Å². The number of halogens is 1. The Morgan fingerprint density at radius 2 is 1.80 bits per heavy atom. The number of ether oxygens (including phenoxy) is 1. The van der Waals surface area contributed by atoms with Gasteiger partial charge in [0.05, 0.1) is 19.1 Å². The minimum Gasteiger partial charge on any atom is -0.497 e. The summed E-state index contributed by atoms with van der Waals surface area (Å²) in [5, 5.41) is 3.01. The molecule has 35 heavy (non-hydrogen) atoms. The molecule has 8 nitrogen and oxygen atoms in total. The number of anilines is 1. The van der Waals surface area contributed by atoms with Gasteiger partial charge in [0.1, 0.15) is 24.2 Å². The zero-order chi connectivity index (χ0) is 25.6. The predicted molar refractivity (Wildman–Crippen MR) is 132 cm³/mol. The summed E-state index contributed by atoms with van der Waals surface area (Å²) in [6.07, 6.45) is 4.87. The second-order valence-electron chi connectivity index (χ2n) is 8.79. The van der Waals surface area contributed by atoms with E-state index in [4.69, 9.17) is 4.74 Å². The van der Waals surface area contributed by atoms with Gasteiger partial charge >= 0.3 is 0 Å². The summed E-state index contributed by atoms with van der Waals surface area (Å²) in [5.74, 6) is -0.773. The topological polar surface area (TPSA) is 96.0 Å². The number of rotatable bonds is 10. The highest BCUT2D eigenvalue weighted by molar-refractivity contribution is 7.92. The predicted octanol–water partition coefficient (Wildman–Crippen LogP) is 3.08. The molecule has 1 N–H and O–H groups in total. The van der Waals surface area contributed by atoms with Crippen LogP contribution >= 0.6 is 0 Å². The largest absolute Gasteiger partial charge is 0.497 e. The number of nitrogens with one attached hydrogen (secondary N) is 1. The molecule has 0 heterocycles. The highest BCUT2D eigenvalue weighted by atomic mass is 32.2. The fourth-order valence-corrected chi connectivity index (χ4v) is 5.01. The van der Waals surface area contributed by atoms with Gasteiger partial charge in [-0.25, -0.2) is 12.8 Å². The summed E-state index contributed by atoms with van der Waals surface area (Å²) in [6, 6.07) is 11.2. The van der Waals surface area contributed by atoms with Gasteiger partial charge in [-0.05, 0) is 61.7 Å². The second kappa shape index (κ2) is 11.5. The summed E-state index contributed by atoms with van der Waals surface area (Å²) in [6.45, 7) is 1.18. The molecule has 10 heteroatoms. The monoisotopic (exact) mass is 505 g/mol. The van der Waals surface area contributed by atoms with Gasteiger partial charge in [-0.3, -0.25) is 13.9 Å². The van der Waals surface area contributed by atoms with Crippen LogP contribution in [0.4, 0.5) is 10.1 Å². The van der Waals surface area contributed by atoms with E-state index in [0.717, 1.165) is 53.9 Å². The number of nitrogens with zero attached hydrogens (tertiary/aromatic N) is 2. The first-order valence-electron chi connectivity index (χ1n) is 11.5. The fourth-order valence-electron chi connectivity index (χ4n) is 4.16. The molecule has 1 saturated carbocycles. The summed E-state index contributed by atoms with van der Waals surface area (Å²) in [5.41, 5.74) is 0.887. The van der Waals surface area contributed by atoms with E-state index in [-0.39, 0.29) is 24.2 Å². The van der Waals surface area contributed by atoms with Crippen LogP contribution in [0.15, 0.2) is 48.5 Å². The standard InChI is InChI=1S/C25H32FN3O5S/c1-18(25(31)27-21-8-4-5-9-21)28(16-19-7-6-10-23(15-19)34-2)24(30)17-29(35(3,32)33)22-13-11-20(26)12-14-22/h6-7,10-15,18,21H,4-5,8-9,16-17H2,1-3H3,(H,27,31)/t18-/m1/s1. The van der Waals surface area contributed by atoms with Crippen LogP contribution in [0.2, 0.25) is 0 Å². The summed E-state index contributed by atoms with van der Waals surface area (Å²) < 4.78 is 44.6. The molecule has 190 valence electrons. The molecule has 2 amide bonds. The van der Waals surface area contributed by atoms with Crippen molar-refractivity contribution in [2.45, 2.75) is 51.2 Å². The maximum Gasteiger partial charge on any atom is 0.244 e. The van der Waals surface area contributed by atoms with Gasteiger partial charge < -0.3 is 15.0 Å². The number of carbonyl (C=O) groups excluding carboxylic acids is 2. The lowest BCUT2D eigenvalue weighted by atomic mass is 10.1. The molecule has 0 aliphatic heterocycles. The van der Waals surface area contributed by atoms with Gasteiger partial charge in [-0.15, -0.1) is 0 Å².